The number of carbonyl (C=O) groups excluding carboxylic acids is 1. The Bertz CT molecular complexity index is 790. The first-order valence-corrected chi connectivity index (χ1v) is 7.55. The van der Waals surface area contributed by atoms with Crippen LogP contribution in [0.5, 0.6) is 5.75 Å². The summed E-state index contributed by atoms with van der Waals surface area (Å²) in [5, 5.41) is 22.1. The molecule has 1 aromatic heterocycles. The second-order valence-electron chi connectivity index (χ2n) is 5.97. The molecule has 0 radical (unpaired) electrons. The van der Waals surface area contributed by atoms with Gasteiger partial charge in [0.05, 0.1) is 5.41 Å². The molecule has 2 rings (SSSR count). The normalized spacial score (nSPS) is 11.1. The van der Waals surface area contributed by atoms with Crippen molar-refractivity contribution in [3.8, 4) is 16.9 Å². The second kappa shape index (κ2) is 6.88. The second-order valence-corrected chi connectivity index (χ2v) is 6.41. The number of halogens is 1. The molecule has 1 aromatic carbocycles. The van der Waals surface area contributed by atoms with Crippen LogP contribution in [0.15, 0.2) is 36.5 Å². The van der Waals surface area contributed by atoms with E-state index in [1.165, 1.54) is 26.1 Å². The lowest BCUT2D eigenvalue weighted by molar-refractivity contribution is -0.146. The van der Waals surface area contributed by atoms with E-state index in [1.54, 1.807) is 24.3 Å². The molecule has 0 saturated heterocycles. The summed E-state index contributed by atoms with van der Waals surface area (Å²) in [4.78, 5) is 27.1. The number of nitrogens with zero attached hydrogens (tertiary/aromatic N) is 1. The molecule has 0 unspecified atom stereocenters. The summed E-state index contributed by atoms with van der Waals surface area (Å²) in [6, 6.07) is 8.42. The van der Waals surface area contributed by atoms with E-state index in [0.29, 0.717) is 10.6 Å². The average molecular weight is 349 g/mol. The van der Waals surface area contributed by atoms with Gasteiger partial charge in [-0.2, -0.15) is 0 Å². The monoisotopic (exact) mass is 348 g/mol. The largest absolute Gasteiger partial charge is 0.505 e. The topological polar surface area (TPSA) is 99.5 Å². The fourth-order valence-electron chi connectivity index (χ4n) is 1.91. The van der Waals surface area contributed by atoms with Gasteiger partial charge in [0.1, 0.15) is 5.75 Å². The summed E-state index contributed by atoms with van der Waals surface area (Å²) in [6.07, 6.45) is 1.45. The molecule has 0 saturated carbocycles. The highest BCUT2D eigenvalue weighted by atomic mass is 35.5. The first-order valence-electron chi connectivity index (χ1n) is 7.17. The Morgan fingerprint density at radius 3 is 2.54 bits per heavy atom. The standard InChI is InChI=1S/C17H17ClN2O4/c1-17(2,16(23)24)9-20-15(22)14-13(21)7-11(8-19-14)10-4-3-5-12(18)6-10/h3-8,21H,9H2,1-2H3,(H,20,22)(H,23,24). The highest BCUT2D eigenvalue weighted by Gasteiger charge is 2.28. The van der Waals surface area contributed by atoms with Crippen molar-refractivity contribution in [2.24, 2.45) is 5.41 Å². The van der Waals surface area contributed by atoms with Crippen LogP contribution in [0.1, 0.15) is 24.3 Å². The Morgan fingerprint density at radius 1 is 1.25 bits per heavy atom. The Balaban J connectivity index is 2.18. The Hall–Kier alpha value is -2.60. The van der Waals surface area contributed by atoms with Crippen LogP contribution < -0.4 is 5.32 Å². The van der Waals surface area contributed by atoms with Gasteiger partial charge in [-0.05, 0) is 37.6 Å². The minimum absolute atomic E-state index is 0.0850. The van der Waals surface area contributed by atoms with Crippen LogP contribution in [0.4, 0.5) is 0 Å². The van der Waals surface area contributed by atoms with Crippen molar-refractivity contribution >= 4 is 23.5 Å². The summed E-state index contributed by atoms with van der Waals surface area (Å²) in [5.41, 5.74) is 0.0788. The number of carbonyl (C=O) groups is 2. The summed E-state index contributed by atoms with van der Waals surface area (Å²) in [7, 11) is 0. The van der Waals surface area contributed by atoms with Gasteiger partial charge in [-0.1, -0.05) is 23.7 Å². The molecule has 0 aliphatic carbocycles. The highest BCUT2D eigenvalue weighted by molar-refractivity contribution is 6.30. The highest BCUT2D eigenvalue weighted by Crippen LogP contribution is 2.26. The van der Waals surface area contributed by atoms with Crippen LogP contribution in [0.2, 0.25) is 5.02 Å². The van der Waals surface area contributed by atoms with E-state index in [9.17, 15) is 14.7 Å². The smallest absolute Gasteiger partial charge is 0.310 e. The summed E-state index contributed by atoms with van der Waals surface area (Å²) in [5.74, 6) is -1.96. The number of hydrogen-bond donors (Lipinski definition) is 3. The van der Waals surface area contributed by atoms with Crippen LogP contribution in [0.3, 0.4) is 0 Å². The van der Waals surface area contributed by atoms with Crippen LogP contribution in [0, 0.1) is 5.41 Å². The van der Waals surface area contributed by atoms with E-state index in [-0.39, 0.29) is 18.0 Å². The first-order chi connectivity index (χ1) is 11.2. The predicted octanol–water partition coefficient (Wildman–Crippen LogP) is 2.95. The lowest BCUT2D eigenvalue weighted by Gasteiger charge is -2.19. The summed E-state index contributed by atoms with van der Waals surface area (Å²) < 4.78 is 0. The molecule has 0 fully saturated rings. The zero-order chi connectivity index (χ0) is 17.9. The van der Waals surface area contributed by atoms with Crippen molar-refractivity contribution in [2.75, 3.05) is 6.54 Å². The van der Waals surface area contributed by atoms with Crippen molar-refractivity contribution in [3.63, 3.8) is 0 Å². The van der Waals surface area contributed by atoms with Crippen molar-refractivity contribution in [3.05, 3.63) is 47.2 Å². The summed E-state index contributed by atoms with van der Waals surface area (Å²) >= 11 is 5.93. The van der Waals surface area contributed by atoms with Gasteiger partial charge in [-0.3, -0.25) is 9.59 Å². The average Bonchev–Trinajstić information content (AvgIpc) is 2.52. The zero-order valence-corrected chi connectivity index (χ0v) is 14.0. The van der Waals surface area contributed by atoms with Crippen molar-refractivity contribution in [2.45, 2.75) is 13.8 Å². The zero-order valence-electron chi connectivity index (χ0n) is 13.2. The van der Waals surface area contributed by atoms with Gasteiger partial charge in [0, 0.05) is 23.3 Å². The third-order valence-electron chi connectivity index (χ3n) is 3.51. The minimum Gasteiger partial charge on any atom is -0.505 e. The maximum Gasteiger partial charge on any atom is 0.310 e. The van der Waals surface area contributed by atoms with Crippen molar-refractivity contribution in [1.82, 2.24) is 10.3 Å². The third-order valence-corrected chi connectivity index (χ3v) is 3.75. The number of hydrogen-bond acceptors (Lipinski definition) is 4. The van der Waals surface area contributed by atoms with E-state index in [2.05, 4.69) is 10.3 Å². The molecule has 6 nitrogen and oxygen atoms in total. The van der Waals surface area contributed by atoms with E-state index in [0.717, 1.165) is 5.56 Å². The number of aliphatic carboxylic acids is 1. The lowest BCUT2D eigenvalue weighted by atomic mass is 9.94. The van der Waals surface area contributed by atoms with Gasteiger partial charge in [-0.25, -0.2) is 4.98 Å². The number of amides is 1. The maximum absolute atomic E-state index is 12.1. The van der Waals surface area contributed by atoms with Gasteiger partial charge in [0.2, 0.25) is 0 Å². The molecule has 2 aromatic rings. The molecule has 1 amide bonds. The number of carboxylic acids is 1. The third kappa shape index (κ3) is 4.02. The molecule has 0 aliphatic heterocycles. The predicted molar refractivity (Wildman–Crippen MR) is 90.1 cm³/mol. The van der Waals surface area contributed by atoms with Gasteiger partial charge < -0.3 is 15.5 Å². The van der Waals surface area contributed by atoms with E-state index in [1.807, 2.05) is 0 Å². The van der Waals surface area contributed by atoms with Crippen molar-refractivity contribution in [1.29, 1.82) is 0 Å². The van der Waals surface area contributed by atoms with Gasteiger partial charge in [0.25, 0.3) is 5.91 Å². The van der Waals surface area contributed by atoms with Crippen molar-refractivity contribution < 1.29 is 19.8 Å². The van der Waals surface area contributed by atoms with Crippen LogP contribution in [0.25, 0.3) is 11.1 Å². The number of aromatic nitrogens is 1. The van der Waals surface area contributed by atoms with Gasteiger partial charge in [0.15, 0.2) is 5.69 Å². The van der Waals surface area contributed by atoms with Gasteiger partial charge >= 0.3 is 5.97 Å². The molecule has 0 spiro atoms. The summed E-state index contributed by atoms with van der Waals surface area (Å²) in [6.45, 7) is 2.90. The maximum atomic E-state index is 12.1. The molecule has 7 heteroatoms. The van der Waals surface area contributed by atoms with Crippen LogP contribution in [-0.2, 0) is 4.79 Å². The van der Waals surface area contributed by atoms with Gasteiger partial charge in [-0.15, -0.1) is 0 Å². The number of benzene rings is 1. The number of nitrogens with one attached hydrogen (secondary N) is 1. The molecule has 0 aliphatic rings. The number of pyridine rings is 1. The fourth-order valence-corrected chi connectivity index (χ4v) is 2.10. The molecule has 1 heterocycles. The number of rotatable bonds is 5. The molecular weight excluding hydrogens is 332 g/mol. The fraction of sp³-hybridized carbons (Fsp3) is 0.235. The first kappa shape index (κ1) is 17.7. The minimum atomic E-state index is -1.12. The SMILES string of the molecule is CC(C)(CNC(=O)c1ncc(-c2cccc(Cl)c2)cc1O)C(=O)O. The molecular formula is C17H17ClN2O4. The van der Waals surface area contributed by atoms with E-state index < -0.39 is 17.3 Å². The van der Waals surface area contributed by atoms with Crippen LogP contribution >= 0.6 is 11.6 Å². The number of carboxylic acid groups (broad SMARTS) is 1. The number of aromatic hydroxyl groups is 1. The van der Waals surface area contributed by atoms with E-state index >= 15 is 0 Å². The molecule has 0 atom stereocenters. The Kier molecular flexibility index (Phi) is 5.09. The quantitative estimate of drug-likeness (QED) is 0.771. The van der Waals surface area contributed by atoms with E-state index in [4.69, 9.17) is 16.7 Å². The lowest BCUT2D eigenvalue weighted by Crippen LogP contribution is -2.39. The van der Waals surface area contributed by atoms with Crippen LogP contribution in [-0.4, -0.2) is 33.6 Å². The Labute approximate surface area is 144 Å². The molecule has 3 N–H and O–H groups in total. The molecule has 126 valence electrons. The Morgan fingerprint density at radius 2 is 1.96 bits per heavy atom. The molecule has 24 heavy (non-hydrogen) atoms. The molecule has 0 bridgehead atoms.